The van der Waals surface area contributed by atoms with E-state index in [9.17, 15) is 75.8 Å². The highest BCUT2D eigenvalue weighted by Crippen LogP contribution is 2.40. The van der Waals surface area contributed by atoms with Crippen molar-refractivity contribution >= 4 is 91.0 Å². The van der Waals surface area contributed by atoms with Crippen LogP contribution in [0.1, 0.15) is 187 Å². The first-order valence-electron chi connectivity index (χ1n) is 42.4. The van der Waals surface area contributed by atoms with Crippen molar-refractivity contribution in [1.29, 1.82) is 0 Å². The molecule has 4 unspecified atom stereocenters. The Morgan fingerprint density at radius 3 is 1.08 bits per heavy atom. The average molecular weight is 2150 g/mol. The van der Waals surface area contributed by atoms with Crippen molar-refractivity contribution in [2.75, 3.05) is 64.8 Å². The predicted molar refractivity (Wildman–Crippen MR) is 510 cm³/mol. The molecule has 0 radical (unpaired) electrons. The third-order valence-corrected chi connectivity index (χ3v) is 34.1. The van der Waals surface area contributed by atoms with E-state index in [1.807, 2.05) is 6.92 Å². The first-order valence-corrected chi connectivity index (χ1v) is 53.8. The number of alkyl halides is 10. The number of aromatic hydroxyl groups is 1. The number of terminal acetylenes is 1. The average Bonchev–Trinajstić information content (AvgIpc) is 0.889. The number of carbonyl (C=O) groups is 3. The largest absolute Gasteiger partial charge is 0.507 e. The van der Waals surface area contributed by atoms with Crippen molar-refractivity contribution in [3.63, 3.8) is 0 Å². The molecule has 6 N–H and O–H groups in total. The topological polar surface area (TPSA) is 240 Å². The summed E-state index contributed by atoms with van der Waals surface area (Å²) in [7, 11) is -5.18. The summed E-state index contributed by atoms with van der Waals surface area (Å²) in [5, 5.41) is 34.3. The van der Waals surface area contributed by atoms with Gasteiger partial charge in [-0.2, -0.15) is 39.5 Å². The van der Waals surface area contributed by atoms with Crippen LogP contribution in [-0.2, 0) is 33.9 Å². The molecule has 133 heavy (non-hydrogen) atoms. The fourth-order valence-corrected chi connectivity index (χ4v) is 13.1. The Labute approximate surface area is 805 Å². The monoisotopic (exact) mass is 2150 g/mol. The van der Waals surface area contributed by atoms with Gasteiger partial charge in [0, 0.05) is 54.2 Å². The van der Waals surface area contributed by atoms with Crippen molar-refractivity contribution < 1.29 is 138 Å². The zero-order chi connectivity index (χ0) is 103. The first-order chi connectivity index (χ1) is 60.5. The molecular weight excluding hydrogens is 2020 g/mol. The summed E-state index contributed by atoms with van der Waals surface area (Å²) in [6.07, 6.45) is -14.4. The summed E-state index contributed by atoms with van der Waals surface area (Å²) in [4.78, 5) is 35.5. The number of phenolic OH excluding ortho intramolecular Hbond substituents is 1. The number of benzene rings is 5. The number of rotatable bonds is 29. The highest BCUT2D eigenvalue weighted by atomic mass is 79.9. The van der Waals surface area contributed by atoms with E-state index in [1.54, 1.807) is 68.4 Å². The zero-order valence-electron chi connectivity index (χ0n) is 80.9. The molecule has 0 aliphatic rings. The van der Waals surface area contributed by atoms with Gasteiger partial charge in [0.1, 0.15) is 113 Å². The number of alkyl carbamates (subject to hydrolysis) is 3. The second-order valence-electron chi connectivity index (χ2n) is 37.3. The van der Waals surface area contributed by atoms with Gasteiger partial charge in [0.15, 0.2) is 25.0 Å². The van der Waals surface area contributed by atoms with Crippen LogP contribution >= 0.6 is 47.8 Å². The molecule has 0 spiro atoms. The SMILES string of the molecule is C#CC(C)CC.CC(C)(C)OC(=O)NC(C#Cc1ccc(F)cc1OCCO)CC(F)(F)F.CC(C)(C)OC(=O)NC(C#Cc1ccc(F)cc1OCCO[Si](C)(C)C(C)(C)C)CC(F)(F)F.CC(C)(C)OC(=O)NC(CCc1ccc(F)cc1OCCO)CC(F)(F)F.CC(C)(C)[Si](C)(C)OCCBr.CC(C)(C)[Si](C)(C)OCCOc1cc(F)ccc1Br.Oc1cc(F)ccc1Br. The van der Waals surface area contributed by atoms with Crippen LogP contribution < -0.4 is 34.9 Å². The molecule has 0 saturated heterocycles. The van der Waals surface area contributed by atoms with E-state index in [1.165, 1.54) is 48.5 Å². The maximum atomic E-state index is 13.8. The summed E-state index contributed by atoms with van der Waals surface area (Å²) in [6, 6.07) is 14.3. The van der Waals surface area contributed by atoms with Gasteiger partial charge < -0.3 is 77.7 Å². The van der Waals surface area contributed by atoms with E-state index in [2.05, 4.69) is 202 Å². The van der Waals surface area contributed by atoms with Crippen LogP contribution in [0.3, 0.4) is 0 Å². The number of aliphatic hydroxyl groups is 2. The smallest absolute Gasteiger partial charge is 0.408 e. The van der Waals surface area contributed by atoms with Crippen LogP contribution in [0.4, 0.5) is 75.8 Å². The summed E-state index contributed by atoms with van der Waals surface area (Å²) >= 11 is 9.71. The van der Waals surface area contributed by atoms with Crippen molar-refractivity contribution in [3.05, 3.63) is 146 Å². The Kier molecular flexibility index (Phi) is 56.5. The van der Waals surface area contributed by atoms with Crippen LogP contribution in [-0.4, -0.2) is 177 Å². The number of aliphatic hydroxyl groups excluding tert-OH is 2. The standard InChI is InChI=1S/C24H35F4NO4Si.C18H25F4NO4.C18H21F4NO4.C14H22BrFO2Si.C8H19BrOSi.C6H4BrFO.C6H10/c1-22(2,3)33-21(30)29-19(16-24(26,27)28)12-10-17-9-11-18(25)15-20(17)31-13-14-32-34(7,8)23(4,5)6;2*1-17(2,3)27-16(25)23-14(11-18(20,21)22)7-5-12-4-6-13(19)10-15(12)26-9-8-24;1-14(2,3)19(4,5)18-9-8-17-13-10-11(16)6-7-12(13)15;1-8(2,3)11(4,5)10-7-6-9;7-5-2-1-4(8)3-6(5)9;1-4-6(3)5-2/h9,11,15,19H,13-14,16H2,1-8H3,(H,29,30);4,6,10,14,24H,5,7-9,11H2,1-3H3,(H,23,25);4,6,10,14,24H,8-9,11H2,1-3H3,(H,23,25);6-7,10H,8-9H2,1-5H3;6-7H2,1-5H3;1-3,9H;1,6H,5H2,2-3H3. The molecule has 0 bridgehead atoms. The van der Waals surface area contributed by atoms with E-state index in [0.717, 1.165) is 59.2 Å². The second-order valence-corrected chi connectivity index (χ2v) is 54.2. The quantitative estimate of drug-likeness (QED) is 0.00651. The fourth-order valence-electron chi connectivity index (χ4n) is 8.93. The molecular formula is C94H136Br3F14N3O16Si3. The highest BCUT2D eigenvalue weighted by molar-refractivity contribution is 9.11. The molecule has 0 saturated carbocycles. The molecule has 5 aromatic carbocycles. The Hall–Kier alpha value is -7.50. The number of nitrogens with one attached hydrogen (secondary N) is 3. The number of ether oxygens (including phenoxy) is 7. The van der Waals surface area contributed by atoms with Gasteiger partial charge in [-0.3, -0.25) is 0 Å². The summed E-state index contributed by atoms with van der Waals surface area (Å²) in [5.41, 5.74) is -1.83. The molecule has 0 aromatic heterocycles. The number of aryl methyl sites for hydroxylation is 1. The predicted octanol–water partition coefficient (Wildman–Crippen LogP) is 26.1. The third-order valence-electron chi connectivity index (χ3n) is 18.9. The van der Waals surface area contributed by atoms with Gasteiger partial charge in [-0.15, -0.1) is 12.3 Å². The molecule has 39 heteroatoms. The molecule has 0 fully saturated rings. The Morgan fingerprint density at radius 2 is 0.752 bits per heavy atom. The molecule has 19 nitrogen and oxygen atoms in total. The Morgan fingerprint density at radius 1 is 0.436 bits per heavy atom. The summed E-state index contributed by atoms with van der Waals surface area (Å²) in [5.74, 6) is 10.9. The van der Waals surface area contributed by atoms with Crippen molar-refractivity contribution in [1.82, 2.24) is 16.0 Å². The minimum atomic E-state index is -4.58. The number of halogens is 17. The lowest BCUT2D eigenvalue weighted by atomic mass is 10.0. The molecule has 4 atom stereocenters. The maximum absolute atomic E-state index is 13.8. The molecule has 0 heterocycles. The molecule has 0 aliphatic heterocycles. The summed E-state index contributed by atoms with van der Waals surface area (Å²) in [6.45, 7) is 52.6. The van der Waals surface area contributed by atoms with Gasteiger partial charge in [0.25, 0.3) is 0 Å². The second kappa shape index (κ2) is 58.9. The van der Waals surface area contributed by atoms with Crippen LogP contribution in [0.25, 0.3) is 0 Å². The van der Waals surface area contributed by atoms with Gasteiger partial charge >= 0.3 is 36.8 Å². The normalized spacial score (nSPS) is 12.8. The van der Waals surface area contributed by atoms with Crippen LogP contribution in [0.5, 0.6) is 28.7 Å². The van der Waals surface area contributed by atoms with E-state index >= 15 is 0 Å². The third kappa shape index (κ3) is 61.4. The van der Waals surface area contributed by atoms with Gasteiger partial charge in [-0.25, -0.2) is 36.3 Å². The van der Waals surface area contributed by atoms with E-state index in [4.69, 9.17) is 68.2 Å². The molecule has 3 amide bonds. The van der Waals surface area contributed by atoms with Crippen molar-refractivity contribution in [2.45, 2.75) is 285 Å². The number of amides is 3. The fraction of sp³-hybridized carbons (Fsp3) is 0.585. The lowest BCUT2D eigenvalue weighted by Crippen LogP contribution is -2.41. The van der Waals surface area contributed by atoms with Gasteiger partial charge in [-0.1, -0.05) is 122 Å². The minimum Gasteiger partial charge on any atom is -0.507 e. The van der Waals surface area contributed by atoms with Crippen LogP contribution in [0.15, 0.2) is 99.9 Å². The number of carbonyl (C=O) groups excluding carboxylic acids is 3. The van der Waals surface area contributed by atoms with Gasteiger partial charge in [0.05, 0.1) is 65.8 Å². The molecule has 5 rings (SSSR count). The molecule has 754 valence electrons. The van der Waals surface area contributed by atoms with E-state index in [-0.39, 0.29) is 103 Å². The number of hydrogen-bond donors (Lipinski definition) is 6. The van der Waals surface area contributed by atoms with Gasteiger partial charge in [0.2, 0.25) is 0 Å². The molecule has 5 aromatic rings. The van der Waals surface area contributed by atoms with E-state index in [0.29, 0.717) is 40.0 Å². The first kappa shape index (κ1) is 128. The minimum absolute atomic E-state index is 0.0110. The van der Waals surface area contributed by atoms with Crippen molar-refractivity contribution in [3.8, 4) is 64.8 Å². The van der Waals surface area contributed by atoms with Crippen LogP contribution in [0, 0.1) is 71.0 Å². The Balaban J connectivity index is 0. The number of hydrogen-bond acceptors (Lipinski definition) is 16. The molecule has 0 aliphatic carbocycles. The zero-order valence-corrected chi connectivity index (χ0v) is 88.7. The lowest BCUT2D eigenvalue weighted by Gasteiger charge is -2.36. The van der Waals surface area contributed by atoms with Crippen LogP contribution in [0.2, 0.25) is 54.4 Å². The highest BCUT2D eigenvalue weighted by Gasteiger charge is 2.41. The Bertz CT molecular complexity index is 4480. The van der Waals surface area contributed by atoms with E-state index < -0.39 is 139 Å². The maximum Gasteiger partial charge on any atom is 0.408 e. The van der Waals surface area contributed by atoms with Gasteiger partial charge in [-0.05, 0) is 228 Å². The van der Waals surface area contributed by atoms with Crippen molar-refractivity contribution in [2.24, 2.45) is 5.92 Å². The lowest BCUT2D eigenvalue weighted by molar-refractivity contribution is -0.140. The number of phenols is 1. The summed E-state index contributed by atoms with van der Waals surface area (Å²) < 4.78 is 237.